The highest BCUT2D eigenvalue weighted by molar-refractivity contribution is 5.95. The van der Waals surface area contributed by atoms with Crippen molar-refractivity contribution in [2.45, 2.75) is 6.18 Å². The molecule has 1 aliphatic rings. The summed E-state index contributed by atoms with van der Waals surface area (Å²) in [6, 6.07) is 2.54. The van der Waals surface area contributed by atoms with Crippen molar-refractivity contribution in [3.8, 4) is 5.69 Å². The Morgan fingerprint density at radius 3 is 2.76 bits per heavy atom. The quantitative estimate of drug-likeness (QED) is 0.895. The molecule has 0 atom stereocenters. The van der Waals surface area contributed by atoms with Crippen LogP contribution in [0.1, 0.15) is 10.4 Å². The number of hydrazine groups is 1. The number of urea groups is 1. The van der Waals surface area contributed by atoms with Gasteiger partial charge < -0.3 is 4.90 Å². The Morgan fingerprint density at radius 1 is 1.28 bits per heavy atom. The number of rotatable bonds is 4. The minimum absolute atomic E-state index is 0.0304. The van der Waals surface area contributed by atoms with E-state index in [2.05, 4.69) is 15.5 Å². The van der Waals surface area contributed by atoms with Gasteiger partial charge in [0.2, 0.25) is 0 Å². The summed E-state index contributed by atoms with van der Waals surface area (Å²) in [6.07, 6.45) is 1.37. The van der Waals surface area contributed by atoms with Crippen LogP contribution in [0.15, 0.2) is 36.9 Å². The number of amides is 3. The molecule has 0 spiro atoms. The van der Waals surface area contributed by atoms with Gasteiger partial charge in [0, 0.05) is 18.9 Å². The van der Waals surface area contributed by atoms with Gasteiger partial charge in [0.25, 0.3) is 5.91 Å². The maximum atomic E-state index is 12.4. The summed E-state index contributed by atoms with van der Waals surface area (Å²) in [6.45, 7) is -1.50. The first-order valence-electron chi connectivity index (χ1n) is 7.23. The molecule has 25 heavy (non-hydrogen) atoms. The first kappa shape index (κ1) is 16.7. The molecule has 11 heteroatoms. The Kier molecular flexibility index (Phi) is 4.30. The molecule has 1 N–H and O–H groups in total. The summed E-state index contributed by atoms with van der Waals surface area (Å²) in [5.74, 6) is -0.641. The number of nitrogens with one attached hydrogen (secondary N) is 1. The Bertz CT molecular complexity index is 776. The third-order valence-corrected chi connectivity index (χ3v) is 3.46. The highest BCUT2D eigenvalue weighted by Crippen LogP contribution is 2.19. The lowest BCUT2D eigenvalue weighted by molar-refractivity contribution is -0.138. The van der Waals surface area contributed by atoms with E-state index in [0.717, 1.165) is 5.01 Å². The molecule has 0 unspecified atom stereocenters. The van der Waals surface area contributed by atoms with Crippen LogP contribution in [0.2, 0.25) is 0 Å². The van der Waals surface area contributed by atoms with Crippen LogP contribution in [0.5, 0.6) is 0 Å². The maximum Gasteiger partial charge on any atom is 0.406 e. The predicted molar refractivity (Wildman–Crippen MR) is 78.6 cm³/mol. The highest BCUT2D eigenvalue weighted by Gasteiger charge is 2.38. The fourth-order valence-electron chi connectivity index (χ4n) is 2.31. The largest absolute Gasteiger partial charge is 0.406 e. The van der Waals surface area contributed by atoms with Crippen molar-refractivity contribution in [3.63, 3.8) is 0 Å². The Labute approximate surface area is 139 Å². The zero-order chi connectivity index (χ0) is 18.0. The number of hydrogen-bond acceptors (Lipinski definition) is 4. The predicted octanol–water partition coefficient (Wildman–Crippen LogP) is 1.21. The zero-order valence-corrected chi connectivity index (χ0v) is 12.8. The van der Waals surface area contributed by atoms with Crippen LogP contribution in [0, 0.1) is 0 Å². The molecule has 1 fully saturated rings. The van der Waals surface area contributed by atoms with Gasteiger partial charge in [0.05, 0.1) is 30.2 Å². The van der Waals surface area contributed by atoms with Gasteiger partial charge in [-0.05, 0) is 12.1 Å². The van der Waals surface area contributed by atoms with Crippen molar-refractivity contribution in [2.75, 3.05) is 19.6 Å². The van der Waals surface area contributed by atoms with Crippen LogP contribution in [0.4, 0.5) is 18.0 Å². The first-order valence-corrected chi connectivity index (χ1v) is 7.23. The van der Waals surface area contributed by atoms with E-state index in [1.54, 1.807) is 24.5 Å². The number of carbonyl (C=O) groups is 2. The van der Waals surface area contributed by atoms with Gasteiger partial charge in [-0.3, -0.25) is 15.2 Å². The molecule has 132 valence electrons. The topological polar surface area (TPSA) is 83.4 Å². The van der Waals surface area contributed by atoms with E-state index in [1.807, 2.05) is 0 Å². The van der Waals surface area contributed by atoms with Crippen molar-refractivity contribution in [2.24, 2.45) is 0 Å². The zero-order valence-electron chi connectivity index (χ0n) is 12.8. The summed E-state index contributed by atoms with van der Waals surface area (Å²) < 4.78 is 38.6. The van der Waals surface area contributed by atoms with Crippen LogP contribution in [0.25, 0.3) is 5.69 Å². The molecule has 0 saturated carbocycles. The average molecular weight is 354 g/mol. The third-order valence-electron chi connectivity index (χ3n) is 3.46. The van der Waals surface area contributed by atoms with Gasteiger partial charge in [-0.25, -0.2) is 14.5 Å². The molecule has 8 nitrogen and oxygen atoms in total. The maximum absolute atomic E-state index is 12.4. The molecule has 0 aliphatic carbocycles. The average Bonchev–Trinajstić information content (AvgIpc) is 3.17. The van der Waals surface area contributed by atoms with Gasteiger partial charge >= 0.3 is 12.2 Å². The monoisotopic (exact) mass is 354 g/mol. The van der Waals surface area contributed by atoms with Gasteiger partial charge in [0.15, 0.2) is 0 Å². The summed E-state index contributed by atoms with van der Waals surface area (Å²) in [5, 5.41) is 4.87. The molecule has 3 rings (SSSR count). The SMILES string of the molecule is O=C(NN1CCN(CC(F)(F)F)C1=O)c1cnn(-c2cccnc2)c1. The molecular formula is C14H13F3N6O2. The van der Waals surface area contributed by atoms with Crippen LogP contribution in [0.3, 0.4) is 0 Å². The lowest BCUT2D eigenvalue weighted by atomic mass is 10.3. The number of pyridine rings is 1. The molecule has 1 aliphatic heterocycles. The fraction of sp³-hybridized carbons (Fsp3) is 0.286. The van der Waals surface area contributed by atoms with E-state index in [9.17, 15) is 22.8 Å². The first-order chi connectivity index (χ1) is 11.8. The van der Waals surface area contributed by atoms with Crippen molar-refractivity contribution in [1.29, 1.82) is 0 Å². The van der Waals surface area contributed by atoms with Crippen LogP contribution in [-0.4, -0.2) is 62.4 Å². The molecule has 1 saturated heterocycles. The smallest absolute Gasteiger partial charge is 0.312 e. The van der Waals surface area contributed by atoms with Crippen molar-refractivity contribution in [3.05, 3.63) is 42.5 Å². The van der Waals surface area contributed by atoms with Gasteiger partial charge in [-0.15, -0.1) is 0 Å². The molecule has 3 heterocycles. The normalized spacial score (nSPS) is 14.9. The second-order valence-electron chi connectivity index (χ2n) is 5.30. The lowest BCUT2D eigenvalue weighted by Gasteiger charge is -2.19. The van der Waals surface area contributed by atoms with Gasteiger partial charge in [-0.1, -0.05) is 0 Å². The Morgan fingerprint density at radius 2 is 2.08 bits per heavy atom. The van der Waals surface area contributed by atoms with E-state index >= 15 is 0 Å². The molecular weight excluding hydrogens is 341 g/mol. The number of carbonyl (C=O) groups excluding carboxylic acids is 2. The minimum atomic E-state index is -4.49. The number of halogens is 3. The summed E-state index contributed by atoms with van der Waals surface area (Å²) in [4.78, 5) is 28.6. The van der Waals surface area contributed by atoms with Crippen molar-refractivity contribution < 1.29 is 22.8 Å². The summed E-state index contributed by atoms with van der Waals surface area (Å²) in [5.41, 5.74) is 3.09. The summed E-state index contributed by atoms with van der Waals surface area (Å²) in [7, 11) is 0. The van der Waals surface area contributed by atoms with E-state index < -0.39 is 24.7 Å². The molecule has 0 radical (unpaired) electrons. The summed E-state index contributed by atoms with van der Waals surface area (Å²) >= 11 is 0. The van der Waals surface area contributed by atoms with E-state index in [0.29, 0.717) is 10.6 Å². The van der Waals surface area contributed by atoms with Crippen LogP contribution in [-0.2, 0) is 0 Å². The van der Waals surface area contributed by atoms with Crippen molar-refractivity contribution in [1.82, 2.24) is 30.1 Å². The molecule has 0 bridgehead atoms. The van der Waals surface area contributed by atoms with E-state index in [1.165, 1.54) is 17.1 Å². The minimum Gasteiger partial charge on any atom is -0.312 e. The molecule has 2 aromatic rings. The van der Waals surface area contributed by atoms with E-state index in [-0.39, 0.29) is 18.7 Å². The van der Waals surface area contributed by atoms with Gasteiger partial charge in [0.1, 0.15) is 6.54 Å². The number of hydrogen-bond donors (Lipinski definition) is 1. The second kappa shape index (κ2) is 6.42. The Hall–Kier alpha value is -3.11. The molecule has 0 aromatic carbocycles. The second-order valence-corrected chi connectivity index (χ2v) is 5.30. The number of aromatic nitrogens is 3. The third kappa shape index (κ3) is 3.87. The standard InChI is InChI=1S/C14H13F3N6O2/c15-14(16,17)9-21-4-5-22(13(21)25)20-12(24)10-6-19-23(8-10)11-2-1-3-18-7-11/h1-3,6-8H,4-5,9H2,(H,20,24). The van der Waals surface area contributed by atoms with E-state index in [4.69, 9.17) is 0 Å². The Balaban J connectivity index is 1.64. The van der Waals surface area contributed by atoms with Crippen LogP contribution < -0.4 is 5.43 Å². The number of nitrogens with zero attached hydrogens (tertiary/aromatic N) is 5. The lowest BCUT2D eigenvalue weighted by Crippen LogP contribution is -2.46. The highest BCUT2D eigenvalue weighted by atomic mass is 19.4. The molecule has 3 amide bonds. The van der Waals surface area contributed by atoms with Gasteiger partial charge in [-0.2, -0.15) is 18.3 Å². The number of alkyl halides is 3. The molecule has 2 aromatic heterocycles. The van der Waals surface area contributed by atoms with Crippen LogP contribution >= 0.6 is 0 Å². The fourth-order valence-corrected chi connectivity index (χ4v) is 2.31. The van der Waals surface area contributed by atoms with Crippen molar-refractivity contribution >= 4 is 11.9 Å².